The van der Waals surface area contributed by atoms with Gasteiger partial charge in [0.25, 0.3) is 0 Å². The minimum Gasteiger partial charge on any atom is -0.394 e. The Morgan fingerprint density at radius 3 is 2.60 bits per heavy atom. The van der Waals surface area contributed by atoms with Crippen LogP contribution < -0.4 is 10.6 Å². The Kier molecular flexibility index (Phi) is 5.25. The maximum absolute atomic E-state index is 8.72. The van der Waals surface area contributed by atoms with Crippen molar-refractivity contribution in [2.75, 3.05) is 13.7 Å². The van der Waals surface area contributed by atoms with Crippen LogP contribution in [-0.2, 0) is 0 Å². The summed E-state index contributed by atoms with van der Waals surface area (Å²) in [4.78, 5) is 0. The van der Waals surface area contributed by atoms with Crippen LogP contribution >= 0.6 is 12.2 Å². The van der Waals surface area contributed by atoms with E-state index in [1.54, 1.807) is 7.05 Å². The Bertz CT molecular complexity index is 104. The Hall–Kier alpha value is -0.350. The molecule has 0 spiro atoms. The third kappa shape index (κ3) is 3.63. The van der Waals surface area contributed by atoms with Crippen molar-refractivity contribution in [2.45, 2.75) is 19.4 Å². The zero-order valence-corrected chi connectivity index (χ0v) is 7.16. The molecule has 0 bridgehead atoms. The predicted molar refractivity (Wildman–Crippen MR) is 46.0 cm³/mol. The number of rotatable bonds is 3. The number of nitrogens with one attached hydrogen (secondary N) is 2. The van der Waals surface area contributed by atoms with Crippen LogP contribution in [0.15, 0.2) is 0 Å². The van der Waals surface area contributed by atoms with Crippen LogP contribution in [0.1, 0.15) is 13.3 Å². The first-order chi connectivity index (χ1) is 4.74. The lowest BCUT2D eigenvalue weighted by atomic mass is 10.2. The van der Waals surface area contributed by atoms with Gasteiger partial charge in [0.1, 0.15) is 0 Å². The van der Waals surface area contributed by atoms with Gasteiger partial charge in [-0.1, -0.05) is 6.92 Å². The fourth-order valence-electron chi connectivity index (χ4n) is 0.534. The molecular formula is C6H14N2OS. The first-order valence-corrected chi connectivity index (χ1v) is 3.74. The molecule has 0 aliphatic rings. The van der Waals surface area contributed by atoms with E-state index in [1.807, 2.05) is 6.92 Å². The normalized spacial score (nSPS) is 12.3. The van der Waals surface area contributed by atoms with Gasteiger partial charge in [-0.2, -0.15) is 0 Å². The molecule has 0 aliphatic heterocycles. The molecule has 0 saturated heterocycles. The van der Waals surface area contributed by atoms with Crippen molar-refractivity contribution in [3.05, 3.63) is 0 Å². The van der Waals surface area contributed by atoms with Crippen molar-refractivity contribution in [3.63, 3.8) is 0 Å². The zero-order valence-electron chi connectivity index (χ0n) is 6.35. The van der Waals surface area contributed by atoms with Crippen LogP contribution in [0.3, 0.4) is 0 Å². The first kappa shape index (κ1) is 9.65. The maximum atomic E-state index is 8.72. The van der Waals surface area contributed by atoms with Gasteiger partial charge in [-0.3, -0.25) is 0 Å². The van der Waals surface area contributed by atoms with E-state index in [4.69, 9.17) is 17.3 Å². The lowest BCUT2D eigenvalue weighted by Crippen LogP contribution is -2.41. The van der Waals surface area contributed by atoms with Crippen molar-refractivity contribution in [2.24, 2.45) is 0 Å². The van der Waals surface area contributed by atoms with Gasteiger partial charge < -0.3 is 15.7 Å². The number of hydrogen-bond acceptors (Lipinski definition) is 2. The van der Waals surface area contributed by atoms with E-state index in [2.05, 4.69) is 10.6 Å². The SMILES string of the molecule is CC[C@H](CO)NC(=S)NC. The summed E-state index contributed by atoms with van der Waals surface area (Å²) in [6.07, 6.45) is 0.873. The summed E-state index contributed by atoms with van der Waals surface area (Å²) < 4.78 is 0. The van der Waals surface area contributed by atoms with E-state index in [-0.39, 0.29) is 12.6 Å². The lowest BCUT2D eigenvalue weighted by molar-refractivity contribution is 0.252. The van der Waals surface area contributed by atoms with E-state index in [0.29, 0.717) is 5.11 Å². The molecule has 0 aromatic carbocycles. The lowest BCUT2D eigenvalue weighted by Gasteiger charge is -2.14. The highest BCUT2D eigenvalue weighted by Gasteiger charge is 2.03. The van der Waals surface area contributed by atoms with Crippen molar-refractivity contribution >= 4 is 17.3 Å². The van der Waals surface area contributed by atoms with Gasteiger partial charge in [0.2, 0.25) is 0 Å². The molecule has 0 heterocycles. The second kappa shape index (κ2) is 5.44. The van der Waals surface area contributed by atoms with Crippen molar-refractivity contribution in [1.82, 2.24) is 10.6 Å². The molecule has 3 nitrogen and oxygen atoms in total. The van der Waals surface area contributed by atoms with Crippen LogP contribution in [0.4, 0.5) is 0 Å². The maximum Gasteiger partial charge on any atom is 0.166 e. The Balaban J connectivity index is 3.52. The minimum atomic E-state index is 0.0833. The number of hydrogen-bond donors (Lipinski definition) is 3. The largest absolute Gasteiger partial charge is 0.394 e. The van der Waals surface area contributed by atoms with E-state index in [1.165, 1.54) is 0 Å². The van der Waals surface area contributed by atoms with Crippen LogP contribution in [0.5, 0.6) is 0 Å². The molecule has 0 rings (SSSR count). The standard InChI is InChI=1S/C6H14N2OS/c1-3-5(4-9)8-6(10)7-2/h5,9H,3-4H2,1-2H3,(H2,7,8,10)/t5-/m1/s1. The fourth-order valence-corrected chi connectivity index (χ4v) is 0.701. The van der Waals surface area contributed by atoms with Gasteiger partial charge in [0.05, 0.1) is 12.6 Å². The molecule has 60 valence electrons. The molecule has 10 heavy (non-hydrogen) atoms. The molecule has 1 atom stereocenters. The Morgan fingerprint density at radius 2 is 2.30 bits per heavy atom. The molecule has 0 saturated carbocycles. The van der Waals surface area contributed by atoms with Gasteiger partial charge >= 0.3 is 0 Å². The Morgan fingerprint density at radius 1 is 1.70 bits per heavy atom. The van der Waals surface area contributed by atoms with Crippen LogP contribution in [-0.4, -0.2) is 29.9 Å². The monoisotopic (exact) mass is 162 g/mol. The van der Waals surface area contributed by atoms with Gasteiger partial charge in [0.15, 0.2) is 5.11 Å². The summed E-state index contributed by atoms with van der Waals surface area (Å²) in [5, 5.41) is 15.0. The highest BCUT2D eigenvalue weighted by atomic mass is 32.1. The molecule has 3 N–H and O–H groups in total. The summed E-state index contributed by atoms with van der Waals surface area (Å²) in [5.41, 5.74) is 0. The first-order valence-electron chi connectivity index (χ1n) is 3.33. The quantitative estimate of drug-likeness (QED) is 0.505. The minimum absolute atomic E-state index is 0.0833. The second-order valence-electron chi connectivity index (χ2n) is 2.01. The Labute approximate surface area is 66.8 Å². The zero-order chi connectivity index (χ0) is 7.98. The average Bonchev–Trinajstić information content (AvgIpc) is 1.99. The van der Waals surface area contributed by atoms with Gasteiger partial charge in [0, 0.05) is 7.05 Å². The van der Waals surface area contributed by atoms with Crippen molar-refractivity contribution < 1.29 is 5.11 Å². The van der Waals surface area contributed by atoms with Crippen LogP contribution in [0.2, 0.25) is 0 Å². The molecular weight excluding hydrogens is 148 g/mol. The molecule has 0 amide bonds. The highest BCUT2D eigenvalue weighted by Crippen LogP contribution is 1.87. The third-order valence-corrected chi connectivity index (χ3v) is 1.60. The van der Waals surface area contributed by atoms with Crippen LogP contribution in [0, 0.1) is 0 Å². The van der Waals surface area contributed by atoms with Crippen molar-refractivity contribution in [1.29, 1.82) is 0 Å². The van der Waals surface area contributed by atoms with Crippen LogP contribution in [0.25, 0.3) is 0 Å². The van der Waals surface area contributed by atoms with E-state index >= 15 is 0 Å². The average molecular weight is 162 g/mol. The van der Waals surface area contributed by atoms with E-state index in [0.717, 1.165) is 6.42 Å². The van der Waals surface area contributed by atoms with Gasteiger partial charge in [-0.15, -0.1) is 0 Å². The molecule has 0 aromatic rings. The summed E-state index contributed by atoms with van der Waals surface area (Å²) in [6, 6.07) is 0.0833. The van der Waals surface area contributed by atoms with E-state index in [9.17, 15) is 0 Å². The molecule has 0 aromatic heterocycles. The smallest absolute Gasteiger partial charge is 0.166 e. The highest BCUT2D eigenvalue weighted by molar-refractivity contribution is 7.80. The third-order valence-electron chi connectivity index (χ3n) is 1.28. The summed E-state index contributed by atoms with van der Waals surface area (Å²) >= 11 is 4.83. The number of aliphatic hydroxyl groups is 1. The molecule has 0 radical (unpaired) electrons. The molecule has 0 unspecified atom stereocenters. The number of aliphatic hydroxyl groups excluding tert-OH is 1. The second-order valence-corrected chi connectivity index (χ2v) is 2.42. The predicted octanol–water partition coefficient (Wildman–Crippen LogP) is -0.149. The summed E-state index contributed by atoms with van der Waals surface area (Å²) in [6.45, 7) is 2.12. The molecule has 0 aliphatic carbocycles. The molecule has 4 heteroatoms. The summed E-state index contributed by atoms with van der Waals surface area (Å²) in [5.74, 6) is 0. The van der Waals surface area contributed by atoms with Gasteiger partial charge in [-0.25, -0.2) is 0 Å². The van der Waals surface area contributed by atoms with Crippen molar-refractivity contribution in [3.8, 4) is 0 Å². The topological polar surface area (TPSA) is 44.3 Å². The van der Waals surface area contributed by atoms with E-state index < -0.39 is 0 Å². The number of thiocarbonyl (C=S) groups is 1. The summed E-state index contributed by atoms with van der Waals surface area (Å²) in [7, 11) is 1.75. The molecule has 0 fully saturated rings. The van der Waals surface area contributed by atoms with Gasteiger partial charge in [-0.05, 0) is 18.6 Å². The fraction of sp³-hybridized carbons (Fsp3) is 0.833.